The molecule has 1 aromatic rings. The fraction of sp³-hybridized carbons (Fsp3) is 0.455. The zero-order valence-electron chi connectivity index (χ0n) is 10.3. The van der Waals surface area contributed by atoms with E-state index in [1.54, 1.807) is 14.2 Å². The maximum atomic E-state index is 10.7. The Bertz CT molecular complexity index is 411. The van der Waals surface area contributed by atoms with Crippen molar-refractivity contribution in [1.82, 2.24) is 4.98 Å². The lowest BCUT2D eigenvalue weighted by molar-refractivity contribution is 0.0365. The van der Waals surface area contributed by atoms with Gasteiger partial charge in [0.15, 0.2) is 0 Å². The number of methoxy groups -OCH3 is 2. The van der Waals surface area contributed by atoms with Crippen LogP contribution in [0.25, 0.3) is 0 Å². The third-order valence-corrected chi connectivity index (χ3v) is 2.35. The predicted molar refractivity (Wildman–Crippen MR) is 66.8 cm³/mol. The van der Waals surface area contributed by atoms with E-state index in [9.17, 15) is 4.79 Å². The lowest BCUT2D eigenvalue weighted by atomic mass is 10.2. The molecule has 4 N–H and O–H groups in total. The number of hydrogen-bond donors (Lipinski definition) is 3. The summed E-state index contributed by atoms with van der Waals surface area (Å²) in [6, 6.07) is 1.36. The Hall–Kier alpha value is -1.86. The van der Waals surface area contributed by atoms with E-state index in [1.807, 2.05) is 0 Å². The van der Waals surface area contributed by atoms with Crippen molar-refractivity contribution in [2.24, 2.45) is 0 Å². The highest BCUT2D eigenvalue weighted by atomic mass is 16.5. The Morgan fingerprint density at radius 3 is 2.83 bits per heavy atom. The number of nitrogen functional groups attached to an aromatic ring is 1. The van der Waals surface area contributed by atoms with Crippen LogP contribution in [-0.4, -0.2) is 49.5 Å². The second kappa shape index (κ2) is 6.77. The molecule has 0 spiro atoms. The number of nitrogens with zero attached hydrogens (tertiary/aromatic N) is 1. The van der Waals surface area contributed by atoms with Gasteiger partial charge in [0.2, 0.25) is 0 Å². The molecule has 7 nitrogen and oxygen atoms in total. The van der Waals surface area contributed by atoms with E-state index >= 15 is 0 Å². The molecule has 100 valence electrons. The van der Waals surface area contributed by atoms with Crippen LogP contribution in [0.15, 0.2) is 12.3 Å². The summed E-state index contributed by atoms with van der Waals surface area (Å²) in [6.45, 7) is 0.907. The van der Waals surface area contributed by atoms with Crippen LogP contribution in [-0.2, 0) is 9.47 Å². The summed E-state index contributed by atoms with van der Waals surface area (Å²) in [5.74, 6) is -0.631. The van der Waals surface area contributed by atoms with Gasteiger partial charge in [-0.3, -0.25) is 0 Å². The standard InChI is InChI=1S/C11H17N3O4/c1-17-6-8(18-2)5-14-10-9(12)3-7(4-13-10)11(15)16/h3-4,8H,5-6,12H2,1-2H3,(H,13,14)(H,15,16). The quantitative estimate of drug-likeness (QED) is 0.648. The molecular weight excluding hydrogens is 238 g/mol. The fourth-order valence-electron chi connectivity index (χ4n) is 1.35. The molecule has 0 radical (unpaired) electrons. The van der Waals surface area contributed by atoms with E-state index < -0.39 is 5.97 Å². The highest BCUT2D eigenvalue weighted by Crippen LogP contribution is 2.16. The molecule has 1 heterocycles. The van der Waals surface area contributed by atoms with Crippen molar-refractivity contribution in [2.75, 3.05) is 38.4 Å². The molecule has 0 aromatic carbocycles. The van der Waals surface area contributed by atoms with Crippen molar-refractivity contribution in [3.63, 3.8) is 0 Å². The number of pyridine rings is 1. The molecule has 0 aliphatic carbocycles. The third kappa shape index (κ3) is 3.86. The lowest BCUT2D eigenvalue weighted by Crippen LogP contribution is -2.27. The molecule has 0 aliphatic rings. The van der Waals surface area contributed by atoms with Gasteiger partial charge in [-0.15, -0.1) is 0 Å². The van der Waals surface area contributed by atoms with Gasteiger partial charge in [-0.1, -0.05) is 0 Å². The van der Waals surface area contributed by atoms with Crippen molar-refractivity contribution >= 4 is 17.5 Å². The summed E-state index contributed by atoms with van der Waals surface area (Å²) in [4.78, 5) is 14.7. The number of carboxylic acids is 1. The Morgan fingerprint density at radius 2 is 2.33 bits per heavy atom. The number of ether oxygens (including phenoxy) is 2. The predicted octanol–water partition coefficient (Wildman–Crippen LogP) is 0.435. The first-order valence-electron chi connectivity index (χ1n) is 5.33. The van der Waals surface area contributed by atoms with Gasteiger partial charge in [0.05, 0.1) is 24.0 Å². The van der Waals surface area contributed by atoms with Crippen LogP contribution in [0.5, 0.6) is 0 Å². The molecule has 7 heteroatoms. The van der Waals surface area contributed by atoms with Crippen molar-refractivity contribution < 1.29 is 19.4 Å². The van der Waals surface area contributed by atoms with Crippen molar-refractivity contribution in [3.05, 3.63) is 17.8 Å². The Balaban J connectivity index is 2.65. The van der Waals surface area contributed by atoms with Gasteiger partial charge in [0.1, 0.15) is 5.82 Å². The van der Waals surface area contributed by atoms with Gasteiger partial charge in [-0.2, -0.15) is 0 Å². The topological polar surface area (TPSA) is 107 Å². The van der Waals surface area contributed by atoms with E-state index in [-0.39, 0.29) is 17.4 Å². The fourth-order valence-corrected chi connectivity index (χ4v) is 1.35. The number of aromatic carboxylic acids is 1. The Morgan fingerprint density at radius 1 is 1.61 bits per heavy atom. The van der Waals surface area contributed by atoms with E-state index in [0.717, 1.165) is 0 Å². The van der Waals surface area contributed by atoms with Gasteiger partial charge in [-0.05, 0) is 6.07 Å². The van der Waals surface area contributed by atoms with Gasteiger partial charge in [-0.25, -0.2) is 9.78 Å². The maximum Gasteiger partial charge on any atom is 0.337 e. The molecule has 0 fully saturated rings. The lowest BCUT2D eigenvalue weighted by Gasteiger charge is -2.16. The zero-order chi connectivity index (χ0) is 13.5. The van der Waals surface area contributed by atoms with Crippen molar-refractivity contribution in [2.45, 2.75) is 6.10 Å². The monoisotopic (exact) mass is 255 g/mol. The van der Waals surface area contributed by atoms with Crippen molar-refractivity contribution in [3.8, 4) is 0 Å². The number of nitrogens with two attached hydrogens (primary N) is 1. The number of carbonyl (C=O) groups is 1. The highest BCUT2D eigenvalue weighted by molar-refractivity contribution is 5.89. The van der Waals surface area contributed by atoms with Crippen LogP contribution in [0.2, 0.25) is 0 Å². The second-order valence-corrected chi connectivity index (χ2v) is 3.66. The van der Waals surface area contributed by atoms with Crippen molar-refractivity contribution in [1.29, 1.82) is 0 Å². The average Bonchev–Trinajstić information content (AvgIpc) is 2.35. The molecule has 0 aliphatic heterocycles. The first-order chi connectivity index (χ1) is 8.58. The molecule has 0 amide bonds. The molecule has 0 saturated heterocycles. The summed E-state index contributed by atoms with van der Waals surface area (Å²) in [7, 11) is 3.16. The SMILES string of the molecule is COCC(CNc1ncc(C(=O)O)cc1N)OC. The number of rotatable bonds is 7. The van der Waals surface area contributed by atoms with Crippen LogP contribution in [0.1, 0.15) is 10.4 Å². The minimum Gasteiger partial charge on any atom is -0.478 e. The largest absolute Gasteiger partial charge is 0.478 e. The highest BCUT2D eigenvalue weighted by Gasteiger charge is 2.10. The van der Waals surface area contributed by atoms with E-state index in [0.29, 0.717) is 19.0 Å². The van der Waals surface area contributed by atoms with E-state index in [2.05, 4.69) is 10.3 Å². The number of nitrogens with one attached hydrogen (secondary N) is 1. The van der Waals surface area contributed by atoms with E-state index in [4.69, 9.17) is 20.3 Å². The van der Waals surface area contributed by atoms with Gasteiger partial charge in [0.25, 0.3) is 0 Å². The molecule has 1 aromatic heterocycles. The summed E-state index contributed by atoms with van der Waals surface area (Å²) in [6.07, 6.45) is 1.12. The van der Waals surface area contributed by atoms with Gasteiger partial charge in [0, 0.05) is 27.0 Å². The van der Waals surface area contributed by atoms with Crippen LogP contribution in [0.3, 0.4) is 0 Å². The molecule has 18 heavy (non-hydrogen) atoms. The molecule has 1 unspecified atom stereocenters. The molecular formula is C11H17N3O4. The number of hydrogen-bond acceptors (Lipinski definition) is 6. The summed E-state index contributed by atoms with van der Waals surface area (Å²) in [5, 5.41) is 11.8. The summed E-state index contributed by atoms with van der Waals surface area (Å²) >= 11 is 0. The third-order valence-electron chi connectivity index (χ3n) is 2.35. The second-order valence-electron chi connectivity index (χ2n) is 3.66. The zero-order valence-corrected chi connectivity index (χ0v) is 10.3. The first kappa shape index (κ1) is 14.2. The number of aromatic nitrogens is 1. The van der Waals surface area contributed by atoms with Gasteiger partial charge < -0.3 is 25.6 Å². The van der Waals surface area contributed by atoms with Crippen LogP contribution >= 0.6 is 0 Å². The normalized spacial score (nSPS) is 12.1. The van der Waals surface area contributed by atoms with Crippen LogP contribution in [0.4, 0.5) is 11.5 Å². The number of carboxylic acid groups (broad SMARTS) is 1. The molecule has 1 rings (SSSR count). The maximum absolute atomic E-state index is 10.7. The molecule has 0 saturated carbocycles. The first-order valence-corrected chi connectivity index (χ1v) is 5.33. The minimum absolute atomic E-state index is 0.0539. The summed E-state index contributed by atoms with van der Waals surface area (Å²) < 4.78 is 10.1. The van der Waals surface area contributed by atoms with E-state index in [1.165, 1.54) is 12.3 Å². The van der Waals surface area contributed by atoms with Gasteiger partial charge >= 0.3 is 5.97 Å². The number of anilines is 2. The average molecular weight is 255 g/mol. The molecule has 0 bridgehead atoms. The van der Waals surface area contributed by atoms with Crippen LogP contribution < -0.4 is 11.1 Å². The Labute approximate surface area is 105 Å². The smallest absolute Gasteiger partial charge is 0.337 e. The summed E-state index contributed by atoms with van der Waals surface area (Å²) in [5.41, 5.74) is 6.03. The Kier molecular flexibility index (Phi) is 5.34. The molecule has 1 atom stereocenters. The van der Waals surface area contributed by atoms with Crippen LogP contribution in [0, 0.1) is 0 Å². The minimum atomic E-state index is -1.06.